The summed E-state index contributed by atoms with van der Waals surface area (Å²) in [4.78, 5) is 12.7. The predicted octanol–water partition coefficient (Wildman–Crippen LogP) is 2.57. The van der Waals surface area contributed by atoms with Crippen molar-refractivity contribution >= 4 is 17.7 Å². The molecule has 0 saturated heterocycles. The Labute approximate surface area is 114 Å². The van der Waals surface area contributed by atoms with Crippen LogP contribution in [-0.2, 0) is 9.53 Å². The normalized spacial score (nSPS) is 10.9. The van der Waals surface area contributed by atoms with Gasteiger partial charge in [-0.05, 0) is 43.2 Å². The van der Waals surface area contributed by atoms with E-state index in [4.69, 9.17) is 9.84 Å². The van der Waals surface area contributed by atoms with Crippen LogP contribution in [0.4, 0.5) is 5.69 Å². The zero-order valence-corrected chi connectivity index (χ0v) is 11.7. The maximum Gasteiger partial charge on any atom is 0.328 e. The molecule has 0 heterocycles. The molecule has 1 aromatic carbocycles. The van der Waals surface area contributed by atoms with Gasteiger partial charge in [-0.2, -0.15) is 0 Å². The fourth-order valence-electron chi connectivity index (χ4n) is 1.88. The molecule has 1 aromatic rings. The molecule has 0 saturated carbocycles. The number of anilines is 1. The van der Waals surface area contributed by atoms with E-state index in [0.29, 0.717) is 6.61 Å². The molecule has 0 unspecified atom stereocenters. The Morgan fingerprint density at radius 2 is 2.21 bits per heavy atom. The number of methoxy groups -OCH3 is 1. The number of aryl methyl sites for hydroxylation is 1. The number of carboxylic acid groups (broad SMARTS) is 1. The fourth-order valence-corrected chi connectivity index (χ4v) is 1.88. The Hall–Kier alpha value is -1.81. The molecule has 0 spiro atoms. The lowest BCUT2D eigenvalue weighted by molar-refractivity contribution is -0.131. The lowest BCUT2D eigenvalue weighted by atomic mass is 10.1. The monoisotopic (exact) mass is 263 g/mol. The van der Waals surface area contributed by atoms with Crippen LogP contribution in [0.2, 0.25) is 0 Å². The molecule has 0 radical (unpaired) electrons. The van der Waals surface area contributed by atoms with E-state index in [1.807, 2.05) is 19.1 Å². The average Bonchev–Trinajstić information content (AvgIpc) is 2.38. The van der Waals surface area contributed by atoms with Crippen LogP contribution >= 0.6 is 0 Å². The first-order valence-electron chi connectivity index (χ1n) is 6.34. The smallest absolute Gasteiger partial charge is 0.328 e. The van der Waals surface area contributed by atoms with Crippen molar-refractivity contribution in [2.75, 3.05) is 31.7 Å². The Morgan fingerprint density at radius 1 is 1.47 bits per heavy atom. The van der Waals surface area contributed by atoms with E-state index in [0.717, 1.165) is 36.0 Å². The number of hydrogen-bond acceptors (Lipinski definition) is 3. The van der Waals surface area contributed by atoms with Crippen molar-refractivity contribution in [3.05, 3.63) is 35.4 Å². The number of ether oxygens (including phenoxy) is 1. The van der Waals surface area contributed by atoms with E-state index in [1.54, 1.807) is 13.2 Å². The minimum absolute atomic E-state index is 0.688. The van der Waals surface area contributed by atoms with Gasteiger partial charge in [0.2, 0.25) is 0 Å². The van der Waals surface area contributed by atoms with Crippen LogP contribution in [0.5, 0.6) is 0 Å². The van der Waals surface area contributed by atoms with Crippen LogP contribution in [0.15, 0.2) is 24.3 Å². The molecular formula is C15H21NO3. The molecule has 1 N–H and O–H groups in total. The molecule has 4 nitrogen and oxygen atoms in total. The number of hydrogen-bond donors (Lipinski definition) is 1. The highest BCUT2D eigenvalue weighted by atomic mass is 16.5. The number of likely N-dealkylation sites (N-methyl/N-ethyl adjacent to an activating group) is 1. The highest BCUT2D eigenvalue weighted by Crippen LogP contribution is 2.20. The predicted molar refractivity (Wildman–Crippen MR) is 77.6 cm³/mol. The minimum atomic E-state index is -0.932. The summed E-state index contributed by atoms with van der Waals surface area (Å²) >= 11 is 0. The summed E-state index contributed by atoms with van der Waals surface area (Å²) in [6, 6.07) is 6.02. The molecule has 0 fully saturated rings. The molecule has 0 aliphatic carbocycles. The molecule has 0 aromatic heterocycles. The largest absolute Gasteiger partial charge is 0.478 e. The van der Waals surface area contributed by atoms with Gasteiger partial charge in [-0.3, -0.25) is 0 Å². The summed E-state index contributed by atoms with van der Waals surface area (Å²) in [5.74, 6) is -0.932. The van der Waals surface area contributed by atoms with Crippen molar-refractivity contribution in [1.29, 1.82) is 0 Å². The number of carbonyl (C=O) groups is 1. The first kappa shape index (κ1) is 15.2. The second kappa shape index (κ2) is 7.59. The van der Waals surface area contributed by atoms with Gasteiger partial charge in [0, 0.05) is 32.0 Å². The summed E-state index contributed by atoms with van der Waals surface area (Å²) in [6.07, 6.45) is 2.78. The Kier molecular flexibility index (Phi) is 6.09. The van der Waals surface area contributed by atoms with E-state index >= 15 is 0 Å². The molecule has 0 bridgehead atoms. The van der Waals surface area contributed by atoms with Crippen molar-refractivity contribution in [1.82, 2.24) is 0 Å². The van der Waals surface area contributed by atoms with Crippen LogP contribution in [0.3, 0.4) is 0 Å². The standard InChI is InChI=1S/C15H21NO3/c1-4-16(9-10-19-3)14-7-5-13(12(2)11-14)6-8-15(17)18/h5-8,11H,4,9-10H2,1-3H3,(H,17,18). The maximum absolute atomic E-state index is 10.5. The van der Waals surface area contributed by atoms with Gasteiger partial charge in [-0.15, -0.1) is 0 Å². The number of benzene rings is 1. The maximum atomic E-state index is 10.5. The van der Waals surface area contributed by atoms with E-state index in [1.165, 1.54) is 0 Å². The zero-order chi connectivity index (χ0) is 14.3. The third kappa shape index (κ3) is 4.75. The highest BCUT2D eigenvalue weighted by molar-refractivity contribution is 5.85. The Balaban J connectivity index is 2.88. The molecule has 1 rings (SSSR count). The van der Waals surface area contributed by atoms with Crippen LogP contribution in [0, 0.1) is 6.92 Å². The molecule has 0 amide bonds. The van der Waals surface area contributed by atoms with Gasteiger partial charge in [-0.25, -0.2) is 4.79 Å². The van der Waals surface area contributed by atoms with Gasteiger partial charge in [-0.1, -0.05) is 6.07 Å². The van der Waals surface area contributed by atoms with Gasteiger partial charge in [0.1, 0.15) is 0 Å². The highest BCUT2D eigenvalue weighted by Gasteiger charge is 2.05. The Bertz CT molecular complexity index is 455. The van der Waals surface area contributed by atoms with E-state index in [2.05, 4.69) is 17.9 Å². The Morgan fingerprint density at radius 3 is 2.74 bits per heavy atom. The van der Waals surface area contributed by atoms with Crippen molar-refractivity contribution in [3.8, 4) is 0 Å². The fraction of sp³-hybridized carbons (Fsp3) is 0.400. The molecule has 104 valence electrons. The van der Waals surface area contributed by atoms with E-state index in [9.17, 15) is 4.79 Å². The van der Waals surface area contributed by atoms with Crippen LogP contribution in [0.25, 0.3) is 6.08 Å². The van der Waals surface area contributed by atoms with Crippen LogP contribution < -0.4 is 4.90 Å². The average molecular weight is 263 g/mol. The lowest BCUT2D eigenvalue weighted by Gasteiger charge is -2.23. The lowest BCUT2D eigenvalue weighted by Crippen LogP contribution is -2.26. The first-order valence-corrected chi connectivity index (χ1v) is 6.34. The van der Waals surface area contributed by atoms with Crippen molar-refractivity contribution in [2.24, 2.45) is 0 Å². The van der Waals surface area contributed by atoms with Gasteiger partial charge in [0.15, 0.2) is 0 Å². The molecule has 0 aliphatic heterocycles. The molecule has 0 atom stereocenters. The van der Waals surface area contributed by atoms with Gasteiger partial charge in [0.25, 0.3) is 0 Å². The summed E-state index contributed by atoms with van der Waals surface area (Å²) in [7, 11) is 1.69. The summed E-state index contributed by atoms with van der Waals surface area (Å²) in [5.41, 5.74) is 3.12. The minimum Gasteiger partial charge on any atom is -0.478 e. The number of carboxylic acids is 1. The van der Waals surface area contributed by atoms with Crippen LogP contribution in [-0.4, -0.2) is 37.9 Å². The van der Waals surface area contributed by atoms with Gasteiger partial charge < -0.3 is 14.7 Å². The van der Waals surface area contributed by atoms with E-state index in [-0.39, 0.29) is 0 Å². The molecule has 19 heavy (non-hydrogen) atoms. The molecule has 4 heteroatoms. The van der Waals surface area contributed by atoms with E-state index < -0.39 is 5.97 Å². The zero-order valence-electron chi connectivity index (χ0n) is 11.7. The second-order valence-electron chi connectivity index (χ2n) is 4.28. The third-order valence-electron chi connectivity index (χ3n) is 2.97. The first-order chi connectivity index (χ1) is 9.08. The summed E-state index contributed by atoms with van der Waals surface area (Å²) in [6.45, 7) is 6.52. The quantitative estimate of drug-likeness (QED) is 0.768. The number of nitrogens with zero attached hydrogens (tertiary/aromatic N) is 1. The third-order valence-corrected chi connectivity index (χ3v) is 2.97. The topological polar surface area (TPSA) is 49.8 Å². The van der Waals surface area contributed by atoms with Gasteiger partial charge in [0.05, 0.1) is 6.61 Å². The van der Waals surface area contributed by atoms with Crippen molar-refractivity contribution < 1.29 is 14.6 Å². The summed E-state index contributed by atoms with van der Waals surface area (Å²) < 4.78 is 5.10. The number of aliphatic carboxylic acids is 1. The molecular weight excluding hydrogens is 242 g/mol. The van der Waals surface area contributed by atoms with Gasteiger partial charge >= 0.3 is 5.97 Å². The SMILES string of the molecule is CCN(CCOC)c1ccc(C=CC(=O)O)c(C)c1. The van der Waals surface area contributed by atoms with Crippen molar-refractivity contribution in [2.45, 2.75) is 13.8 Å². The number of rotatable bonds is 7. The summed E-state index contributed by atoms with van der Waals surface area (Å²) in [5, 5.41) is 8.63. The van der Waals surface area contributed by atoms with Crippen LogP contribution in [0.1, 0.15) is 18.1 Å². The van der Waals surface area contributed by atoms with Crippen molar-refractivity contribution in [3.63, 3.8) is 0 Å². The molecule has 0 aliphatic rings. The second-order valence-corrected chi connectivity index (χ2v) is 4.28.